The highest BCUT2D eigenvalue weighted by Crippen LogP contribution is 2.36. The molecule has 0 spiro atoms. The third kappa shape index (κ3) is 5.66. The molecule has 192 valence electrons. The van der Waals surface area contributed by atoms with Gasteiger partial charge in [-0.05, 0) is 67.6 Å². The zero-order valence-corrected chi connectivity index (χ0v) is 22.3. The van der Waals surface area contributed by atoms with E-state index in [1.165, 1.54) is 11.3 Å². The predicted octanol–water partition coefficient (Wildman–Crippen LogP) is 6.52. The molecule has 0 radical (unpaired) electrons. The minimum atomic E-state index is -0.0348. The Balaban J connectivity index is 1.56. The summed E-state index contributed by atoms with van der Waals surface area (Å²) in [5.74, 6) is 1.63. The Morgan fingerprint density at radius 3 is 2.62 bits per heavy atom. The second-order valence-corrected chi connectivity index (χ2v) is 10.2. The molecule has 0 unspecified atom stereocenters. The maximum Gasteiger partial charge on any atom is 0.264 e. The van der Waals surface area contributed by atoms with E-state index in [9.17, 15) is 4.79 Å². The van der Waals surface area contributed by atoms with Gasteiger partial charge in [-0.1, -0.05) is 29.8 Å². The molecule has 9 heteroatoms. The Bertz CT molecular complexity index is 1350. The maximum absolute atomic E-state index is 13.6. The van der Waals surface area contributed by atoms with Crippen molar-refractivity contribution < 1.29 is 19.0 Å². The first-order valence-corrected chi connectivity index (χ1v) is 13.4. The van der Waals surface area contributed by atoms with Gasteiger partial charge >= 0.3 is 0 Å². The van der Waals surface area contributed by atoms with Crippen molar-refractivity contribution in [1.29, 1.82) is 0 Å². The van der Waals surface area contributed by atoms with Crippen LogP contribution in [0.25, 0.3) is 5.69 Å². The molecular weight excluding hydrogens is 510 g/mol. The molecular formula is C28H28ClN3O4S. The fourth-order valence-corrected chi connectivity index (χ4v) is 5.21. The lowest BCUT2D eigenvalue weighted by Crippen LogP contribution is -2.36. The van der Waals surface area contributed by atoms with E-state index in [4.69, 9.17) is 30.9 Å². The molecule has 0 saturated carbocycles. The van der Waals surface area contributed by atoms with E-state index in [1.807, 2.05) is 77.9 Å². The number of hydrogen-bond acceptors (Lipinski definition) is 6. The van der Waals surface area contributed by atoms with E-state index in [0.29, 0.717) is 40.4 Å². The lowest BCUT2D eigenvalue weighted by atomic mass is 10.2. The zero-order valence-electron chi connectivity index (χ0n) is 20.7. The number of rotatable bonds is 9. The first-order valence-electron chi connectivity index (χ1n) is 12.1. The highest BCUT2D eigenvalue weighted by atomic mass is 35.5. The van der Waals surface area contributed by atoms with E-state index < -0.39 is 0 Å². The van der Waals surface area contributed by atoms with Gasteiger partial charge in [0.1, 0.15) is 0 Å². The smallest absolute Gasteiger partial charge is 0.264 e. The van der Waals surface area contributed by atoms with Crippen molar-refractivity contribution >= 4 is 28.8 Å². The van der Waals surface area contributed by atoms with Crippen molar-refractivity contribution in [2.24, 2.45) is 0 Å². The van der Waals surface area contributed by atoms with Crippen molar-refractivity contribution in [3.63, 3.8) is 0 Å². The number of amides is 1. The second kappa shape index (κ2) is 11.4. The number of nitrogens with zero attached hydrogens (tertiary/aromatic N) is 3. The van der Waals surface area contributed by atoms with Gasteiger partial charge in [-0.25, -0.2) is 4.68 Å². The van der Waals surface area contributed by atoms with Crippen LogP contribution in [0.4, 0.5) is 0 Å². The summed E-state index contributed by atoms with van der Waals surface area (Å²) >= 11 is 7.58. The molecule has 3 heterocycles. The largest absolute Gasteiger partial charge is 0.493 e. The monoisotopic (exact) mass is 537 g/mol. The normalized spacial score (nSPS) is 15.1. The summed E-state index contributed by atoms with van der Waals surface area (Å²) in [6, 6.07) is 18.6. The van der Waals surface area contributed by atoms with Gasteiger partial charge in [0.25, 0.3) is 5.91 Å². The van der Waals surface area contributed by atoms with Crippen LogP contribution in [0.1, 0.15) is 33.8 Å². The first-order chi connectivity index (χ1) is 18.0. The van der Waals surface area contributed by atoms with E-state index in [2.05, 4.69) is 0 Å². The number of aromatic nitrogens is 2. The molecule has 1 aliphatic rings. The van der Waals surface area contributed by atoms with Crippen LogP contribution in [-0.2, 0) is 11.3 Å². The third-order valence-electron chi connectivity index (χ3n) is 6.30. The fourth-order valence-electron chi connectivity index (χ4n) is 4.39. The predicted molar refractivity (Wildman–Crippen MR) is 144 cm³/mol. The highest BCUT2D eigenvalue weighted by Gasteiger charge is 2.28. The van der Waals surface area contributed by atoms with E-state index in [-0.39, 0.29) is 12.0 Å². The molecule has 0 bridgehead atoms. The summed E-state index contributed by atoms with van der Waals surface area (Å²) in [5, 5.41) is 7.35. The summed E-state index contributed by atoms with van der Waals surface area (Å²) < 4.78 is 19.6. The Kier molecular flexibility index (Phi) is 7.79. The Hall–Kier alpha value is -3.33. The van der Waals surface area contributed by atoms with Gasteiger partial charge < -0.3 is 19.1 Å². The number of carbonyl (C=O) groups is 1. The summed E-state index contributed by atoms with van der Waals surface area (Å²) in [4.78, 5) is 16.1. The Morgan fingerprint density at radius 1 is 1.16 bits per heavy atom. The van der Waals surface area contributed by atoms with Crippen molar-refractivity contribution in [3.05, 3.63) is 87.2 Å². The number of thiophene rings is 1. The molecule has 1 saturated heterocycles. The molecule has 5 rings (SSSR count). The fraction of sp³-hybridized carbons (Fsp3) is 0.286. The van der Waals surface area contributed by atoms with Gasteiger partial charge in [-0.15, -0.1) is 11.3 Å². The summed E-state index contributed by atoms with van der Waals surface area (Å²) in [6.07, 6.45) is 1.94. The molecule has 7 nitrogen and oxygen atoms in total. The van der Waals surface area contributed by atoms with E-state index in [1.54, 1.807) is 11.8 Å². The average Bonchev–Trinajstić information content (AvgIpc) is 3.68. The number of ether oxygens (including phenoxy) is 3. The molecule has 1 amide bonds. The second-order valence-electron chi connectivity index (χ2n) is 8.81. The third-order valence-corrected chi connectivity index (χ3v) is 7.41. The van der Waals surface area contributed by atoms with Crippen LogP contribution in [0.5, 0.6) is 17.4 Å². The maximum atomic E-state index is 13.6. The number of benzene rings is 2. The lowest BCUT2D eigenvalue weighted by Gasteiger charge is -2.25. The van der Waals surface area contributed by atoms with Gasteiger partial charge in [-0.2, -0.15) is 5.10 Å². The number of hydrogen-bond donors (Lipinski definition) is 0. The minimum absolute atomic E-state index is 0.00844. The molecule has 4 aromatic rings. The molecule has 0 N–H and O–H groups in total. The van der Waals surface area contributed by atoms with Crippen LogP contribution in [0, 0.1) is 6.92 Å². The van der Waals surface area contributed by atoms with Gasteiger partial charge in [0.2, 0.25) is 5.88 Å². The topological polar surface area (TPSA) is 65.8 Å². The minimum Gasteiger partial charge on any atom is -0.493 e. The SMILES string of the molecule is COc1ccccc1Oc1c(CN(C[C@@H]2CCCO2)C(=O)c2cccs2)c(C)nn1-c1ccc(Cl)cc1. The quantitative estimate of drug-likeness (QED) is 0.243. The summed E-state index contributed by atoms with van der Waals surface area (Å²) in [7, 11) is 1.61. The van der Waals surface area contributed by atoms with Crippen molar-refractivity contribution in [3.8, 4) is 23.1 Å². The van der Waals surface area contributed by atoms with Gasteiger partial charge in [0, 0.05) is 18.2 Å². The van der Waals surface area contributed by atoms with Gasteiger partial charge in [-0.3, -0.25) is 4.79 Å². The summed E-state index contributed by atoms with van der Waals surface area (Å²) in [6.45, 7) is 3.47. The molecule has 2 aromatic heterocycles. The number of halogens is 1. The van der Waals surface area contributed by atoms with Crippen LogP contribution in [0.3, 0.4) is 0 Å². The van der Waals surface area contributed by atoms with Crippen molar-refractivity contribution in [2.45, 2.75) is 32.4 Å². The van der Waals surface area contributed by atoms with Crippen LogP contribution >= 0.6 is 22.9 Å². The van der Waals surface area contributed by atoms with Crippen LogP contribution in [0.15, 0.2) is 66.0 Å². The van der Waals surface area contributed by atoms with Gasteiger partial charge in [0.05, 0.1) is 41.6 Å². The Labute approximate surface area is 225 Å². The van der Waals surface area contributed by atoms with E-state index >= 15 is 0 Å². The molecule has 0 aliphatic carbocycles. The van der Waals surface area contributed by atoms with Crippen molar-refractivity contribution in [1.82, 2.24) is 14.7 Å². The zero-order chi connectivity index (χ0) is 25.8. The summed E-state index contributed by atoms with van der Waals surface area (Å²) in [5.41, 5.74) is 2.36. The molecule has 1 atom stereocenters. The van der Waals surface area contributed by atoms with Crippen molar-refractivity contribution in [2.75, 3.05) is 20.3 Å². The molecule has 1 fully saturated rings. The van der Waals surface area contributed by atoms with Crippen LogP contribution in [-0.4, -0.2) is 47.0 Å². The molecule has 37 heavy (non-hydrogen) atoms. The van der Waals surface area contributed by atoms with Crippen LogP contribution < -0.4 is 9.47 Å². The first kappa shape index (κ1) is 25.3. The highest BCUT2D eigenvalue weighted by molar-refractivity contribution is 7.12. The van der Waals surface area contributed by atoms with Gasteiger partial charge in [0.15, 0.2) is 11.5 Å². The average molecular weight is 538 g/mol. The Morgan fingerprint density at radius 2 is 1.95 bits per heavy atom. The number of aryl methyl sites for hydroxylation is 1. The van der Waals surface area contributed by atoms with E-state index in [0.717, 1.165) is 36.4 Å². The standard InChI is InChI=1S/C28H28ClN3O4S/c1-19-23(18-31(17-22-7-5-15-35-22)27(33)26-10-6-16-37-26)28(36-25-9-4-3-8-24(25)34-2)32(30-19)21-13-11-20(29)12-14-21/h3-4,6,8-14,16,22H,5,7,15,17-18H2,1-2H3/t22-/m0/s1. The molecule has 2 aromatic carbocycles. The molecule has 1 aliphatic heterocycles. The number of carbonyl (C=O) groups excluding carboxylic acids is 1. The lowest BCUT2D eigenvalue weighted by molar-refractivity contribution is 0.0509. The van der Waals surface area contributed by atoms with Crippen LogP contribution in [0.2, 0.25) is 5.02 Å². The number of methoxy groups -OCH3 is 1. The number of para-hydroxylation sites is 2.